The molecule has 0 radical (unpaired) electrons. The number of rotatable bonds is 8. The first-order valence-electron chi connectivity index (χ1n) is 9.43. The quantitative estimate of drug-likeness (QED) is 0.350. The number of nitrogens with one attached hydrogen (secondary N) is 2. The molecule has 1 aromatic carbocycles. The summed E-state index contributed by atoms with van der Waals surface area (Å²) in [7, 11) is 0. The number of carbonyl (C=O) groups excluding carboxylic acids is 2. The van der Waals surface area contributed by atoms with Crippen molar-refractivity contribution in [3.05, 3.63) is 33.9 Å². The molecule has 3 N–H and O–H groups in total. The molecule has 2 rings (SSSR count). The predicted octanol–water partition coefficient (Wildman–Crippen LogP) is 2.10. The van der Waals surface area contributed by atoms with Gasteiger partial charge >= 0.3 is 5.97 Å². The van der Waals surface area contributed by atoms with Crippen LogP contribution in [0.25, 0.3) is 0 Å². The molecule has 1 amide bonds. The minimum Gasteiger partial charge on any atom is -0.452 e. The third-order valence-corrected chi connectivity index (χ3v) is 5.25. The van der Waals surface area contributed by atoms with Gasteiger partial charge in [-0.1, -0.05) is 26.7 Å². The third-order valence-electron chi connectivity index (χ3n) is 5.25. The SMILES string of the molecule is C[C@H]1[C@@H](NC(=O)COC(=O)c2cc([N+](=O)[O-])ccc2NCCO)CCC[C@@H]1C. The van der Waals surface area contributed by atoms with E-state index in [1.807, 2.05) is 0 Å². The number of aliphatic hydroxyl groups excluding tert-OH is 1. The van der Waals surface area contributed by atoms with E-state index in [-0.39, 0.29) is 30.4 Å². The first-order chi connectivity index (χ1) is 13.3. The fourth-order valence-electron chi connectivity index (χ4n) is 3.40. The summed E-state index contributed by atoms with van der Waals surface area (Å²) in [6.07, 6.45) is 3.08. The number of aliphatic hydroxyl groups is 1. The maximum atomic E-state index is 12.4. The van der Waals surface area contributed by atoms with Crippen molar-refractivity contribution in [2.75, 3.05) is 25.1 Å². The summed E-state index contributed by atoms with van der Waals surface area (Å²) in [5.41, 5.74) is -0.0362. The van der Waals surface area contributed by atoms with Crippen LogP contribution in [0.3, 0.4) is 0 Å². The van der Waals surface area contributed by atoms with Crippen molar-refractivity contribution in [3.8, 4) is 0 Å². The van der Waals surface area contributed by atoms with Crippen molar-refractivity contribution >= 4 is 23.3 Å². The van der Waals surface area contributed by atoms with Crippen LogP contribution in [0, 0.1) is 22.0 Å². The Morgan fingerprint density at radius 1 is 1.32 bits per heavy atom. The van der Waals surface area contributed by atoms with E-state index in [1.165, 1.54) is 12.1 Å². The van der Waals surface area contributed by atoms with Crippen LogP contribution in [0.2, 0.25) is 0 Å². The number of benzene rings is 1. The second-order valence-electron chi connectivity index (χ2n) is 7.15. The molecule has 1 aliphatic carbocycles. The summed E-state index contributed by atoms with van der Waals surface area (Å²) in [6.45, 7) is 3.79. The number of hydrogen-bond acceptors (Lipinski definition) is 7. The van der Waals surface area contributed by atoms with Gasteiger partial charge in [-0.05, 0) is 24.3 Å². The van der Waals surface area contributed by atoms with E-state index < -0.39 is 23.4 Å². The second kappa shape index (κ2) is 10.0. The second-order valence-corrected chi connectivity index (χ2v) is 7.15. The summed E-state index contributed by atoms with van der Waals surface area (Å²) >= 11 is 0. The molecule has 0 heterocycles. The summed E-state index contributed by atoms with van der Waals surface area (Å²) < 4.78 is 5.07. The van der Waals surface area contributed by atoms with Gasteiger partial charge < -0.3 is 20.5 Å². The van der Waals surface area contributed by atoms with Crippen LogP contribution >= 0.6 is 0 Å². The van der Waals surface area contributed by atoms with E-state index in [2.05, 4.69) is 24.5 Å². The molecule has 0 unspecified atom stereocenters. The number of ether oxygens (including phenoxy) is 1. The Bertz CT molecular complexity index is 724. The molecule has 9 heteroatoms. The highest BCUT2D eigenvalue weighted by molar-refractivity contribution is 5.97. The molecule has 3 atom stereocenters. The van der Waals surface area contributed by atoms with Crippen molar-refractivity contribution in [1.82, 2.24) is 5.32 Å². The fourth-order valence-corrected chi connectivity index (χ4v) is 3.40. The number of nitrogens with zero attached hydrogens (tertiary/aromatic N) is 1. The monoisotopic (exact) mass is 393 g/mol. The normalized spacial score (nSPS) is 21.6. The highest BCUT2D eigenvalue weighted by atomic mass is 16.6. The number of anilines is 1. The van der Waals surface area contributed by atoms with Gasteiger partial charge in [0.15, 0.2) is 6.61 Å². The fraction of sp³-hybridized carbons (Fsp3) is 0.579. The van der Waals surface area contributed by atoms with Gasteiger partial charge in [-0.25, -0.2) is 4.79 Å². The van der Waals surface area contributed by atoms with Gasteiger partial charge in [0.05, 0.1) is 17.1 Å². The Morgan fingerprint density at radius 3 is 2.75 bits per heavy atom. The third kappa shape index (κ3) is 5.66. The standard InChI is InChI=1S/C19H27N3O6/c1-12-4-3-5-16(13(12)2)21-18(24)11-28-19(25)15-10-14(22(26)27)6-7-17(15)20-8-9-23/h6-7,10,12-13,16,20,23H,3-5,8-9,11H2,1-2H3,(H,21,24)/t12-,13+,16-/m0/s1. The van der Waals surface area contributed by atoms with Crippen LogP contribution in [0.4, 0.5) is 11.4 Å². The minimum absolute atomic E-state index is 0.0505. The molecule has 0 aromatic heterocycles. The molecule has 28 heavy (non-hydrogen) atoms. The lowest BCUT2D eigenvalue weighted by atomic mass is 9.78. The lowest BCUT2D eigenvalue weighted by Crippen LogP contribution is -2.45. The first kappa shape index (κ1) is 21.6. The molecule has 154 valence electrons. The molecular formula is C19H27N3O6. The predicted molar refractivity (Wildman–Crippen MR) is 103 cm³/mol. The van der Waals surface area contributed by atoms with E-state index in [0.29, 0.717) is 17.5 Å². The number of esters is 1. The van der Waals surface area contributed by atoms with Crippen molar-refractivity contribution in [2.24, 2.45) is 11.8 Å². The Hall–Kier alpha value is -2.68. The van der Waals surface area contributed by atoms with Gasteiger partial charge in [-0.15, -0.1) is 0 Å². The largest absolute Gasteiger partial charge is 0.452 e. The van der Waals surface area contributed by atoms with Crippen LogP contribution in [-0.4, -0.2) is 47.7 Å². The zero-order valence-electron chi connectivity index (χ0n) is 16.1. The van der Waals surface area contributed by atoms with Gasteiger partial charge in [-0.3, -0.25) is 14.9 Å². The number of hydrogen-bond donors (Lipinski definition) is 3. The molecule has 0 aliphatic heterocycles. The highest BCUT2D eigenvalue weighted by Crippen LogP contribution is 2.29. The molecule has 1 fully saturated rings. The summed E-state index contributed by atoms with van der Waals surface area (Å²) in [6, 6.07) is 3.75. The number of nitro groups is 1. The zero-order chi connectivity index (χ0) is 20.7. The maximum Gasteiger partial charge on any atom is 0.341 e. The summed E-state index contributed by atoms with van der Waals surface area (Å²) in [4.78, 5) is 34.9. The molecule has 1 aliphatic rings. The number of non-ortho nitro benzene ring substituents is 1. The van der Waals surface area contributed by atoms with Crippen molar-refractivity contribution < 1.29 is 24.4 Å². The van der Waals surface area contributed by atoms with Gasteiger partial charge in [0.2, 0.25) is 0 Å². The highest BCUT2D eigenvalue weighted by Gasteiger charge is 2.28. The van der Waals surface area contributed by atoms with Crippen molar-refractivity contribution in [2.45, 2.75) is 39.2 Å². The Kier molecular flexibility index (Phi) is 7.74. The van der Waals surface area contributed by atoms with Crippen LogP contribution in [0.15, 0.2) is 18.2 Å². The number of nitro benzene ring substituents is 1. The molecule has 0 spiro atoms. The Morgan fingerprint density at radius 2 is 2.07 bits per heavy atom. The lowest BCUT2D eigenvalue weighted by molar-refractivity contribution is -0.384. The Balaban J connectivity index is 2.00. The van der Waals surface area contributed by atoms with Crippen LogP contribution in [0.1, 0.15) is 43.5 Å². The molecular weight excluding hydrogens is 366 g/mol. The van der Waals surface area contributed by atoms with Crippen LogP contribution in [-0.2, 0) is 9.53 Å². The Labute approximate surface area is 163 Å². The molecule has 9 nitrogen and oxygen atoms in total. The first-order valence-corrected chi connectivity index (χ1v) is 9.43. The van der Waals surface area contributed by atoms with Gasteiger partial charge in [-0.2, -0.15) is 0 Å². The molecule has 0 bridgehead atoms. The van der Waals surface area contributed by atoms with Crippen molar-refractivity contribution in [1.29, 1.82) is 0 Å². The summed E-state index contributed by atoms with van der Waals surface area (Å²) in [5, 5.41) is 25.6. The van der Waals surface area contributed by atoms with Gasteiger partial charge in [0.1, 0.15) is 0 Å². The van der Waals surface area contributed by atoms with Gasteiger partial charge in [0, 0.05) is 30.4 Å². The molecule has 1 saturated carbocycles. The number of amides is 1. The van der Waals surface area contributed by atoms with E-state index in [0.717, 1.165) is 25.3 Å². The van der Waals surface area contributed by atoms with Gasteiger partial charge in [0.25, 0.3) is 11.6 Å². The average Bonchev–Trinajstić information content (AvgIpc) is 2.67. The minimum atomic E-state index is -0.843. The maximum absolute atomic E-state index is 12.4. The smallest absolute Gasteiger partial charge is 0.341 e. The zero-order valence-corrected chi connectivity index (χ0v) is 16.1. The van der Waals surface area contributed by atoms with Crippen molar-refractivity contribution in [3.63, 3.8) is 0 Å². The summed E-state index contributed by atoms with van der Waals surface area (Å²) in [5.74, 6) is -0.370. The molecule has 1 aromatic rings. The average molecular weight is 393 g/mol. The van der Waals surface area contributed by atoms with Crippen LogP contribution in [0.5, 0.6) is 0 Å². The topological polar surface area (TPSA) is 131 Å². The number of carbonyl (C=O) groups is 2. The van der Waals surface area contributed by atoms with E-state index in [9.17, 15) is 19.7 Å². The van der Waals surface area contributed by atoms with E-state index in [1.54, 1.807) is 0 Å². The van der Waals surface area contributed by atoms with E-state index >= 15 is 0 Å². The van der Waals surface area contributed by atoms with Crippen LogP contribution < -0.4 is 10.6 Å². The van der Waals surface area contributed by atoms with E-state index in [4.69, 9.17) is 9.84 Å². The lowest BCUT2D eigenvalue weighted by Gasteiger charge is -2.34. The molecule has 0 saturated heterocycles.